The van der Waals surface area contributed by atoms with Gasteiger partial charge in [-0.3, -0.25) is 4.90 Å². The van der Waals surface area contributed by atoms with E-state index in [-0.39, 0.29) is 25.3 Å². The fourth-order valence-electron chi connectivity index (χ4n) is 2.83. The lowest BCUT2D eigenvalue weighted by Gasteiger charge is -2.28. The molecule has 21 heavy (non-hydrogen) atoms. The zero-order valence-electron chi connectivity index (χ0n) is 11.7. The van der Waals surface area contributed by atoms with Crippen molar-refractivity contribution in [3.05, 3.63) is 36.2 Å². The minimum Gasteiger partial charge on any atom is -0.395 e. The summed E-state index contributed by atoms with van der Waals surface area (Å²) >= 11 is 0. The van der Waals surface area contributed by atoms with Gasteiger partial charge in [-0.15, -0.1) is 0 Å². The molecule has 1 aliphatic heterocycles. The van der Waals surface area contributed by atoms with Crippen LogP contribution in [0.2, 0.25) is 0 Å². The van der Waals surface area contributed by atoms with Gasteiger partial charge < -0.3 is 14.7 Å². The first-order valence-corrected chi connectivity index (χ1v) is 7.20. The number of rotatable bonds is 5. The van der Waals surface area contributed by atoms with E-state index in [0.717, 1.165) is 24.9 Å². The van der Waals surface area contributed by atoms with Crippen LogP contribution >= 0.6 is 0 Å². The van der Waals surface area contributed by atoms with Gasteiger partial charge >= 0.3 is 0 Å². The van der Waals surface area contributed by atoms with Crippen LogP contribution in [-0.2, 0) is 0 Å². The first kappa shape index (κ1) is 14.2. The Balaban J connectivity index is 1.82. The van der Waals surface area contributed by atoms with Gasteiger partial charge in [0.05, 0.1) is 25.3 Å². The Bertz CT molecular complexity index is 569. The summed E-state index contributed by atoms with van der Waals surface area (Å²) < 4.78 is 5.41. The largest absolute Gasteiger partial charge is 0.395 e. The molecule has 0 bridgehead atoms. The molecule has 0 amide bonds. The van der Waals surface area contributed by atoms with E-state index in [1.54, 1.807) is 0 Å². The Kier molecular flexibility index (Phi) is 4.28. The van der Waals surface area contributed by atoms with Gasteiger partial charge in [-0.2, -0.15) is 4.98 Å². The van der Waals surface area contributed by atoms with Crippen molar-refractivity contribution < 1.29 is 14.7 Å². The fraction of sp³-hybridized carbons (Fsp3) is 0.467. The molecule has 1 aliphatic rings. The zero-order valence-corrected chi connectivity index (χ0v) is 11.7. The molecule has 0 saturated carbocycles. The van der Waals surface area contributed by atoms with Crippen LogP contribution < -0.4 is 0 Å². The molecule has 0 radical (unpaired) electrons. The van der Waals surface area contributed by atoms with Crippen molar-refractivity contribution >= 4 is 0 Å². The Morgan fingerprint density at radius 1 is 1.24 bits per heavy atom. The maximum absolute atomic E-state index is 9.37. The smallest absolute Gasteiger partial charge is 0.244 e. The highest BCUT2D eigenvalue weighted by atomic mass is 16.5. The van der Waals surface area contributed by atoms with Gasteiger partial charge in [0, 0.05) is 5.56 Å². The van der Waals surface area contributed by atoms with Crippen LogP contribution in [0.15, 0.2) is 34.9 Å². The molecule has 1 aromatic carbocycles. The zero-order chi connectivity index (χ0) is 14.7. The molecule has 1 aromatic heterocycles. The standard InChI is InChI=1S/C15H19N3O3/c19-9-12(10-20)18-8-4-7-13(18)15-16-14(17-21-15)11-5-2-1-3-6-11/h1-3,5-6,12-13,19-20H,4,7-10H2/t13-/m0/s1. The average Bonchev–Trinajstić information content (AvgIpc) is 3.18. The number of hydrogen-bond donors (Lipinski definition) is 2. The van der Waals surface area contributed by atoms with Gasteiger partial charge in [-0.05, 0) is 19.4 Å². The molecule has 0 aliphatic carbocycles. The summed E-state index contributed by atoms with van der Waals surface area (Å²) in [5.74, 6) is 1.13. The maximum Gasteiger partial charge on any atom is 0.244 e. The van der Waals surface area contributed by atoms with Crippen molar-refractivity contribution in [2.75, 3.05) is 19.8 Å². The van der Waals surface area contributed by atoms with Gasteiger partial charge in [0.15, 0.2) is 0 Å². The van der Waals surface area contributed by atoms with Crippen LogP contribution in [0.5, 0.6) is 0 Å². The van der Waals surface area contributed by atoms with Crippen LogP contribution in [0.3, 0.4) is 0 Å². The van der Waals surface area contributed by atoms with Gasteiger partial charge in [0.25, 0.3) is 0 Å². The Morgan fingerprint density at radius 2 is 2.00 bits per heavy atom. The maximum atomic E-state index is 9.37. The molecule has 1 fully saturated rings. The number of hydrogen-bond acceptors (Lipinski definition) is 6. The second-order valence-electron chi connectivity index (χ2n) is 5.24. The molecule has 2 heterocycles. The summed E-state index contributed by atoms with van der Waals surface area (Å²) in [6.45, 7) is 0.666. The highest BCUT2D eigenvalue weighted by Crippen LogP contribution is 2.33. The Hall–Kier alpha value is -1.76. The van der Waals surface area contributed by atoms with Gasteiger partial charge in [0.1, 0.15) is 0 Å². The first-order chi connectivity index (χ1) is 10.3. The molecule has 3 rings (SSSR count). The van der Waals surface area contributed by atoms with Crippen molar-refractivity contribution in [3.8, 4) is 11.4 Å². The molecule has 0 unspecified atom stereocenters. The van der Waals surface area contributed by atoms with Crippen LogP contribution in [0.1, 0.15) is 24.8 Å². The highest BCUT2D eigenvalue weighted by Gasteiger charge is 2.34. The Morgan fingerprint density at radius 3 is 2.71 bits per heavy atom. The monoisotopic (exact) mass is 289 g/mol. The van der Waals surface area contributed by atoms with E-state index in [0.29, 0.717) is 11.7 Å². The number of likely N-dealkylation sites (tertiary alicyclic amines) is 1. The normalized spacial score (nSPS) is 19.5. The van der Waals surface area contributed by atoms with E-state index < -0.39 is 0 Å². The molecular formula is C15H19N3O3. The van der Waals surface area contributed by atoms with Crippen molar-refractivity contribution in [1.29, 1.82) is 0 Å². The van der Waals surface area contributed by atoms with Crippen molar-refractivity contribution in [2.45, 2.75) is 24.9 Å². The lowest BCUT2D eigenvalue weighted by atomic mass is 10.2. The molecule has 6 heteroatoms. The number of aliphatic hydroxyl groups is 2. The summed E-state index contributed by atoms with van der Waals surface area (Å²) in [5.41, 5.74) is 0.915. The molecule has 6 nitrogen and oxygen atoms in total. The molecule has 2 N–H and O–H groups in total. The van der Waals surface area contributed by atoms with Crippen LogP contribution in [0, 0.1) is 0 Å². The molecule has 0 spiro atoms. The average molecular weight is 289 g/mol. The second-order valence-corrected chi connectivity index (χ2v) is 5.24. The minimum absolute atomic E-state index is 0.0285. The third-order valence-corrected chi connectivity index (χ3v) is 3.94. The minimum atomic E-state index is -0.274. The van der Waals surface area contributed by atoms with Crippen molar-refractivity contribution in [2.24, 2.45) is 0 Å². The van der Waals surface area contributed by atoms with Crippen LogP contribution in [0.25, 0.3) is 11.4 Å². The van der Waals surface area contributed by atoms with Crippen LogP contribution in [-0.4, -0.2) is 51.1 Å². The van der Waals surface area contributed by atoms with E-state index in [9.17, 15) is 10.2 Å². The number of aromatic nitrogens is 2. The number of aliphatic hydroxyl groups excluding tert-OH is 2. The molecule has 1 saturated heterocycles. The SMILES string of the molecule is OCC(CO)N1CCC[C@H]1c1nc(-c2ccccc2)no1. The van der Waals surface area contributed by atoms with Crippen molar-refractivity contribution in [1.82, 2.24) is 15.0 Å². The highest BCUT2D eigenvalue weighted by molar-refractivity contribution is 5.53. The molecule has 2 aromatic rings. The summed E-state index contributed by atoms with van der Waals surface area (Å²) in [6.07, 6.45) is 1.89. The van der Waals surface area contributed by atoms with Gasteiger partial charge in [-0.25, -0.2) is 0 Å². The summed E-state index contributed by atoms with van der Waals surface area (Å²) in [6, 6.07) is 9.37. The van der Waals surface area contributed by atoms with E-state index in [1.165, 1.54) is 0 Å². The van der Waals surface area contributed by atoms with E-state index >= 15 is 0 Å². The van der Waals surface area contributed by atoms with E-state index in [2.05, 4.69) is 10.1 Å². The quantitative estimate of drug-likeness (QED) is 0.861. The summed E-state index contributed by atoms with van der Waals surface area (Å²) in [4.78, 5) is 6.52. The van der Waals surface area contributed by atoms with E-state index in [4.69, 9.17) is 4.52 Å². The van der Waals surface area contributed by atoms with Gasteiger partial charge in [0.2, 0.25) is 11.7 Å². The lowest BCUT2D eigenvalue weighted by Crippen LogP contribution is -2.40. The predicted molar refractivity (Wildman–Crippen MR) is 76.4 cm³/mol. The molecular weight excluding hydrogens is 270 g/mol. The summed E-state index contributed by atoms with van der Waals surface area (Å²) in [7, 11) is 0. The number of nitrogens with zero attached hydrogens (tertiary/aromatic N) is 3. The Labute approximate surface area is 123 Å². The van der Waals surface area contributed by atoms with Crippen LogP contribution in [0.4, 0.5) is 0 Å². The molecule has 1 atom stereocenters. The first-order valence-electron chi connectivity index (χ1n) is 7.20. The lowest BCUT2D eigenvalue weighted by molar-refractivity contribution is 0.0560. The van der Waals surface area contributed by atoms with Crippen molar-refractivity contribution in [3.63, 3.8) is 0 Å². The summed E-state index contributed by atoms with van der Waals surface area (Å²) in [5, 5.41) is 22.8. The second kappa shape index (κ2) is 6.34. The third-order valence-electron chi connectivity index (χ3n) is 3.94. The predicted octanol–water partition coefficient (Wildman–Crippen LogP) is 1.23. The third kappa shape index (κ3) is 2.83. The number of benzene rings is 1. The topological polar surface area (TPSA) is 82.6 Å². The fourth-order valence-corrected chi connectivity index (χ4v) is 2.83. The van der Waals surface area contributed by atoms with E-state index in [1.807, 2.05) is 35.2 Å². The molecule has 112 valence electrons. The van der Waals surface area contributed by atoms with Gasteiger partial charge in [-0.1, -0.05) is 35.5 Å².